The van der Waals surface area contributed by atoms with Crippen LogP contribution in [0.15, 0.2) is 18.2 Å². The zero-order valence-electron chi connectivity index (χ0n) is 16.1. The van der Waals surface area contributed by atoms with Gasteiger partial charge in [0.1, 0.15) is 6.04 Å². The molecule has 0 spiro atoms. The second-order valence-corrected chi connectivity index (χ2v) is 6.01. The third-order valence-electron chi connectivity index (χ3n) is 3.62. The molecule has 0 saturated carbocycles. The molecule has 26 heavy (non-hydrogen) atoms. The molecule has 0 saturated heterocycles. The van der Waals surface area contributed by atoms with Crippen molar-refractivity contribution in [2.24, 2.45) is 5.92 Å². The maximum atomic E-state index is 12.2. The van der Waals surface area contributed by atoms with Crippen molar-refractivity contribution in [2.45, 2.75) is 26.3 Å². The first-order chi connectivity index (χ1) is 12.4. The second-order valence-electron chi connectivity index (χ2n) is 6.01. The molecule has 1 unspecified atom stereocenters. The number of benzene rings is 1. The summed E-state index contributed by atoms with van der Waals surface area (Å²) in [5, 5.41) is 2.66. The van der Waals surface area contributed by atoms with E-state index in [9.17, 15) is 9.59 Å². The normalized spacial score (nSPS) is 12.0. The number of esters is 1. The Hall–Kier alpha value is -2.70. The smallest absolute Gasteiger partial charge is 0.328 e. The molecule has 7 nitrogen and oxygen atoms in total. The van der Waals surface area contributed by atoms with Gasteiger partial charge in [-0.25, -0.2) is 4.79 Å². The van der Waals surface area contributed by atoms with Gasteiger partial charge in [-0.15, -0.1) is 0 Å². The highest BCUT2D eigenvalue weighted by Gasteiger charge is 2.21. The van der Waals surface area contributed by atoms with Crippen LogP contribution >= 0.6 is 0 Å². The van der Waals surface area contributed by atoms with E-state index in [2.05, 4.69) is 5.32 Å². The number of carbonyl (C=O) groups excluding carboxylic acids is 2. The van der Waals surface area contributed by atoms with Gasteiger partial charge in [0.2, 0.25) is 11.7 Å². The monoisotopic (exact) mass is 365 g/mol. The molecule has 1 aromatic carbocycles. The molecule has 1 rings (SSSR count). The van der Waals surface area contributed by atoms with E-state index in [0.29, 0.717) is 29.2 Å². The maximum absolute atomic E-state index is 12.2. The molecule has 0 heterocycles. The third kappa shape index (κ3) is 5.98. The number of ether oxygens (including phenoxy) is 4. The fraction of sp³-hybridized carbons (Fsp3) is 0.474. The van der Waals surface area contributed by atoms with E-state index in [0.717, 1.165) is 0 Å². The van der Waals surface area contributed by atoms with E-state index in [1.165, 1.54) is 34.5 Å². The first-order valence-electron chi connectivity index (χ1n) is 8.22. The summed E-state index contributed by atoms with van der Waals surface area (Å²) >= 11 is 0. The van der Waals surface area contributed by atoms with Crippen molar-refractivity contribution in [1.82, 2.24) is 5.32 Å². The molecule has 0 aliphatic heterocycles. The predicted molar refractivity (Wildman–Crippen MR) is 98.5 cm³/mol. The lowest BCUT2D eigenvalue weighted by Crippen LogP contribution is -2.41. The van der Waals surface area contributed by atoms with Crippen LogP contribution in [0.2, 0.25) is 0 Å². The number of amides is 1. The van der Waals surface area contributed by atoms with E-state index >= 15 is 0 Å². The highest BCUT2D eigenvalue weighted by molar-refractivity contribution is 5.94. The van der Waals surface area contributed by atoms with Crippen molar-refractivity contribution in [1.29, 1.82) is 0 Å². The predicted octanol–water partition coefficient (Wildman–Crippen LogP) is 2.43. The highest BCUT2D eigenvalue weighted by atomic mass is 16.5. The molecule has 7 heteroatoms. The standard InChI is InChI=1S/C19H27NO6/c1-12(2)9-14(19(22)26-6)20-17(21)8-7-13-10-15(23-3)18(25-5)16(11-13)24-4/h7-8,10-12,14H,9H2,1-6H3,(H,20,21). The van der Waals surface area contributed by atoms with Crippen molar-refractivity contribution in [2.75, 3.05) is 28.4 Å². The van der Waals surface area contributed by atoms with Gasteiger partial charge in [0.25, 0.3) is 0 Å². The summed E-state index contributed by atoms with van der Waals surface area (Å²) in [6.45, 7) is 3.93. The van der Waals surface area contributed by atoms with Crippen LogP contribution in [-0.4, -0.2) is 46.4 Å². The highest BCUT2D eigenvalue weighted by Crippen LogP contribution is 2.38. The average Bonchev–Trinajstić information content (AvgIpc) is 2.63. The van der Waals surface area contributed by atoms with Crippen LogP contribution in [0.5, 0.6) is 17.2 Å². The van der Waals surface area contributed by atoms with Crippen LogP contribution in [-0.2, 0) is 14.3 Å². The lowest BCUT2D eigenvalue weighted by atomic mass is 10.0. The fourth-order valence-electron chi connectivity index (χ4n) is 2.42. The first kappa shape index (κ1) is 21.3. The molecule has 0 aliphatic carbocycles. The van der Waals surface area contributed by atoms with E-state index < -0.39 is 17.9 Å². The lowest BCUT2D eigenvalue weighted by molar-refractivity contribution is -0.145. The van der Waals surface area contributed by atoms with Crippen molar-refractivity contribution in [3.8, 4) is 17.2 Å². The second kappa shape index (κ2) is 10.3. The minimum absolute atomic E-state index is 0.235. The lowest BCUT2D eigenvalue weighted by Gasteiger charge is -2.17. The van der Waals surface area contributed by atoms with Gasteiger partial charge in [-0.1, -0.05) is 13.8 Å². The Morgan fingerprint density at radius 1 is 1.04 bits per heavy atom. The van der Waals surface area contributed by atoms with Gasteiger partial charge in [0.15, 0.2) is 11.5 Å². The summed E-state index contributed by atoms with van der Waals surface area (Å²) in [4.78, 5) is 24.0. The Morgan fingerprint density at radius 2 is 1.62 bits per heavy atom. The first-order valence-corrected chi connectivity index (χ1v) is 8.22. The number of methoxy groups -OCH3 is 4. The van der Waals surface area contributed by atoms with Crippen LogP contribution in [0.1, 0.15) is 25.8 Å². The zero-order valence-corrected chi connectivity index (χ0v) is 16.1. The summed E-state index contributed by atoms with van der Waals surface area (Å²) in [6, 6.07) is 2.76. The van der Waals surface area contributed by atoms with Crippen molar-refractivity contribution >= 4 is 18.0 Å². The summed E-state index contributed by atoms with van der Waals surface area (Å²) in [5.74, 6) is 0.819. The third-order valence-corrected chi connectivity index (χ3v) is 3.62. The molecule has 0 radical (unpaired) electrons. The molecule has 1 atom stereocenters. The molecule has 0 fully saturated rings. The van der Waals surface area contributed by atoms with Gasteiger partial charge in [-0.05, 0) is 36.1 Å². The quantitative estimate of drug-likeness (QED) is 0.535. The van der Waals surface area contributed by atoms with Crippen LogP contribution < -0.4 is 19.5 Å². The maximum Gasteiger partial charge on any atom is 0.328 e. The van der Waals surface area contributed by atoms with Crippen LogP contribution in [0, 0.1) is 5.92 Å². The number of rotatable bonds is 9. The van der Waals surface area contributed by atoms with Gasteiger partial charge < -0.3 is 24.3 Å². The van der Waals surface area contributed by atoms with Crippen molar-refractivity contribution in [3.63, 3.8) is 0 Å². The van der Waals surface area contributed by atoms with E-state index in [1.807, 2.05) is 13.8 Å². The SMILES string of the molecule is COC(=O)C(CC(C)C)NC(=O)C=Cc1cc(OC)c(OC)c(OC)c1. The van der Waals surface area contributed by atoms with Crippen LogP contribution in [0.3, 0.4) is 0 Å². The van der Waals surface area contributed by atoms with Gasteiger partial charge in [-0.2, -0.15) is 0 Å². The van der Waals surface area contributed by atoms with Crippen LogP contribution in [0.4, 0.5) is 0 Å². The number of hydrogen-bond donors (Lipinski definition) is 1. The van der Waals surface area contributed by atoms with E-state index in [1.54, 1.807) is 18.2 Å². The number of carbonyl (C=O) groups is 2. The summed E-state index contributed by atoms with van der Waals surface area (Å²) in [6.07, 6.45) is 3.44. The fourth-order valence-corrected chi connectivity index (χ4v) is 2.42. The Labute approximate surface area is 154 Å². The summed E-state index contributed by atoms with van der Waals surface area (Å²) in [7, 11) is 5.85. The van der Waals surface area contributed by atoms with Gasteiger partial charge >= 0.3 is 5.97 Å². The Bertz CT molecular complexity index is 628. The molecule has 1 N–H and O–H groups in total. The van der Waals surface area contributed by atoms with Gasteiger partial charge in [-0.3, -0.25) is 4.79 Å². The minimum atomic E-state index is -0.683. The number of hydrogen-bond acceptors (Lipinski definition) is 6. The molecule has 1 aromatic rings. The number of nitrogens with one attached hydrogen (secondary N) is 1. The van der Waals surface area contributed by atoms with Gasteiger partial charge in [0, 0.05) is 6.08 Å². The molecule has 144 valence electrons. The minimum Gasteiger partial charge on any atom is -0.493 e. The largest absolute Gasteiger partial charge is 0.493 e. The van der Waals surface area contributed by atoms with Gasteiger partial charge in [0.05, 0.1) is 28.4 Å². The van der Waals surface area contributed by atoms with Crippen molar-refractivity contribution in [3.05, 3.63) is 23.8 Å². The van der Waals surface area contributed by atoms with Crippen LogP contribution in [0.25, 0.3) is 6.08 Å². The topological polar surface area (TPSA) is 83.1 Å². The Balaban J connectivity index is 2.94. The average molecular weight is 365 g/mol. The summed E-state index contributed by atoms with van der Waals surface area (Å²) < 4.78 is 20.6. The Kier molecular flexibility index (Phi) is 8.48. The molecule has 1 amide bonds. The molecule has 0 aromatic heterocycles. The van der Waals surface area contributed by atoms with Crippen molar-refractivity contribution < 1.29 is 28.5 Å². The zero-order chi connectivity index (χ0) is 19.7. The van der Waals surface area contributed by atoms with E-state index in [4.69, 9.17) is 18.9 Å². The molecule has 0 aliphatic rings. The molecular formula is C19H27NO6. The molecule has 0 bridgehead atoms. The summed E-state index contributed by atoms with van der Waals surface area (Å²) in [5.41, 5.74) is 0.688. The Morgan fingerprint density at radius 3 is 2.04 bits per heavy atom. The van der Waals surface area contributed by atoms with E-state index in [-0.39, 0.29) is 5.92 Å². The molecular weight excluding hydrogens is 338 g/mol.